The zero-order valence-electron chi connectivity index (χ0n) is 11.2. The molecule has 2 saturated heterocycles. The fourth-order valence-corrected chi connectivity index (χ4v) is 3.24. The Balaban J connectivity index is 2.12. The van der Waals surface area contributed by atoms with Gasteiger partial charge in [0.25, 0.3) is 6.04 Å². The van der Waals surface area contributed by atoms with Crippen LogP contribution in [0.3, 0.4) is 0 Å². The lowest BCUT2D eigenvalue weighted by atomic mass is 9.95. The van der Waals surface area contributed by atoms with Gasteiger partial charge in [0, 0.05) is 17.9 Å². The third kappa shape index (κ3) is 2.12. The fraction of sp³-hybridized carbons (Fsp3) is 0.462. The number of hydrazine groups is 1. The maximum atomic E-state index is 13.3. The van der Waals surface area contributed by atoms with Crippen molar-refractivity contribution < 1.29 is 22.9 Å². The molecule has 2 aliphatic rings. The van der Waals surface area contributed by atoms with E-state index in [9.17, 15) is 28.1 Å². The summed E-state index contributed by atoms with van der Waals surface area (Å²) in [5.41, 5.74) is 0.399. The van der Waals surface area contributed by atoms with Crippen LogP contribution in [-0.2, 0) is 4.79 Å². The van der Waals surface area contributed by atoms with E-state index in [2.05, 4.69) is 0 Å². The van der Waals surface area contributed by atoms with Gasteiger partial charge in [-0.3, -0.25) is 19.9 Å². The molecule has 0 radical (unpaired) electrons. The highest BCUT2D eigenvalue weighted by Gasteiger charge is 2.68. The quantitative estimate of drug-likeness (QED) is 0.616. The van der Waals surface area contributed by atoms with Crippen molar-refractivity contribution in [3.8, 4) is 0 Å². The number of hydrogen-bond donors (Lipinski definition) is 0. The summed E-state index contributed by atoms with van der Waals surface area (Å²) < 4.78 is 40.0. The first-order valence-electron chi connectivity index (χ1n) is 6.66. The van der Waals surface area contributed by atoms with Gasteiger partial charge in [-0.15, -0.1) is 0 Å². The third-order valence-corrected chi connectivity index (χ3v) is 4.04. The van der Waals surface area contributed by atoms with E-state index in [4.69, 9.17) is 0 Å². The second-order valence-electron chi connectivity index (χ2n) is 5.27. The Bertz CT molecular complexity index is 608. The number of fused-ring (bicyclic) bond motifs is 1. The summed E-state index contributed by atoms with van der Waals surface area (Å²) in [4.78, 5) is 22.2. The fourth-order valence-electron chi connectivity index (χ4n) is 3.24. The Morgan fingerprint density at radius 3 is 2.41 bits per heavy atom. The van der Waals surface area contributed by atoms with Crippen molar-refractivity contribution in [1.82, 2.24) is 10.0 Å². The molecule has 0 unspecified atom stereocenters. The van der Waals surface area contributed by atoms with E-state index < -0.39 is 35.1 Å². The van der Waals surface area contributed by atoms with E-state index in [0.29, 0.717) is 10.6 Å². The first-order chi connectivity index (χ1) is 10.3. The number of halogens is 3. The van der Waals surface area contributed by atoms with Gasteiger partial charge in [0.2, 0.25) is 11.9 Å². The van der Waals surface area contributed by atoms with Crippen LogP contribution in [0.1, 0.15) is 18.0 Å². The molecule has 2 heterocycles. The van der Waals surface area contributed by atoms with Gasteiger partial charge >= 0.3 is 6.18 Å². The van der Waals surface area contributed by atoms with Crippen LogP contribution in [0, 0.1) is 10.1 Å². The predicted octanol–water partition coefficient (Wildman–Crippen LogP) is 1.77. The van der Waals surface area contributed by atoms with Gasteiger partial charge in [-0.1, -0.05) is 30.3 Å². The van der Waals surface area contributed by atoms with Gasteiger partial charge in [0.1, 0.15) is 6.04 Å². The van der Waals surface area contributed by atoms with Crippen LogP contribution in [-0.4, -0.2) is 45.7 Å². The number of carbonyl (C=O) groups is 1. The number of amides is 1. The molecule has 2 fully saturated rings. The highest BCUT2D eigenvalue weighted by Crippen LogP contribution is 2.46. The number of nitro groups is 1. The van der Waals surface area contributed by atoms with E-state index in [-0.39, 0.29) is 13.0 Å². The van der Waals surface area contributed by atoms with Crippen LogP contribution in [0.2, 0.25) is 0 Å². The molecule has 6 nitrogen and oxygen atoms in total. The Kier molecular flexibility index (Phi) is 3.32. The summed E-state index contributed by atoms with van der Waals surface area (Å²) in [6.07, 6.45) is -4.93. The van der Waals surface area contributed by atoms with Gasteiger partial charge in [0.15, 0.2) is 0 Å². The number of hydrogen-bond acceptors (Lipinski definition) is 4. The van der Waals surface area contributed by atoms with Crippen molar-refractivity contribution in [2.45, 2.75) is 30.7 Å². The molecule has 118 valence electrons. The maximum absolute atomic E-state index is 13.3. The van der Waals surface area contributed by atoms with Crippen molar-refractivity contribution in [1.29, 1.82) is 0 Å². The molecular weight excluding hydrogens is 303 g/mol. The van der Waals surface area contributed by atoms with Crippen LogP contribution in [0.4, 0.5) is 13.2 Å². The van der Waals surface area contributed by atoms with Crippen LogP contribution < -0.4 is 0 Å². The Morgan fingerprint density at radius 2 is 1.86 bits per heavy atom. The minimum Gasteiger partial charge on any atom is -0.273 e. The smallest absolute Gasteiger partial charge is 0.273 e. The molecule has 1 aromatic carbocycles. The Hall–Kier alpha value is -2.16. The summed E-state index contributed by atoms with van der Waals surface area (Å²) in [6, 6.07) is 2.50. The number of carbonyl (C=O) groups excluding carboxylic acids is 1. The molecule has 3 atom stereocenters. The SMILES string of the molecule is O=C1CCN2[C@H](c3ccccc3)[C@@H]([N+](=O)[O-])[C@H](C(F)(F)F)N12. The summed E-state index contributed by atoms with van der Waals surface area (Å²) in [5.74, 6) is -0.729. The molecule has 0 aliphatic carbocycles. The van der Waals surface area contributed by atoms with Gasteiger partial charge in [-0.05, 0) is 5.56 Å². The molecule has 3 rings (SSSR count). The third-order valence-electron chi connectivity index (χ3n) is 4.04. The van der Waals surface area contributed by atoms with Crippen LogP contribution in [0.25, 0.3) is 0 Å². The standard InChI is InChI=1S/C13H12F3N3O3/c14-13(15,16)12-11(19(21)22)10(8-4-2-1-3-5-8)17-7-6-9(20)18(12)17/h1-5,10-12H,6-7H2/t10-,11-,12-/m1/s1. The first-order valence-corrected chi connectivity index (χ1v) is 6.66. The van der Waals surface area contributed by atoms with Crippen molar-refractivity contribution in [2.75, 3.05) is 6.54 Å². The molecule has 2 aliphatic heterocycles. The Morgan fingerprint density at radius 1 is 1.23 bits per heavy atom. The van der Waals surface area contributed by atoms with Crippen LogP contribution >= 0.6 is 0 Å². The summed E-state index contributed by atoms with van der Waals surface area (Å²) in [7, 11) is 0. The molecule has 22 heavy (non-hydrogen) atoms. The van der Waals surface area contributed by atoms with Crippen LogP contribution in [0.15, 0.2) is 30.3 Å². The minimum atomic E-state index is -4.86. The monoisotopic (exact) mass is 315 g/mol. The van der Waals surface area contributed by atoms with E-state index in [1.807, 2.05) is 0 Å². The lowest BCUT2D eigenvalue weighted by Gasteiger charge is -2.26. The number of rotatable bonds is 2. The average molecular weight is 315 g/mol. The summed E-state index contributed by atoms with van der Waals surface area (Å²) in [6.45, 7) is 0.0509. The molecule has 0 saturated carbocycles. The van der Waals surface area contributed by atoms with Gasteiger partial charge < -0.3 is 0 Å². The second-order valence-corrected chi connectivity index (χ2v) is 5.27. The predicted molar refractivity (Wildman–Crippen MR) is 68.0 cm³/mol. The van der Waals surface area contributed by atoms with Crippen molar-refractivity contribution >= 4 is 5.91 Å². The van der Waals surface area contributed by atoms with Gasteiger partial charge in [-0.25, -0.2) is 5.01 Å². The zero-order valence-corrected chi connectivity index (χ0v) is 11.2. The molecule has 0 spiro atoms. The van der Waals surface area contributed by atoms with E-state index in [1.54, 1.807) is 30.3 Å². The zero-order chi connectivity index (χ0) is 16.1. The second kappa shape index (κ2) is 4.94. The van der Waals surface area contributed by atoms with Crippen molar-refractivity contribution in [3.05, 3.63) is 46.0 Å². The van der Waals surface area contributed by atoms with E-state index in [1.165, 1.54) is 5.01 Å². The highest BCUT2D eigenvalue weighted by atomic mass is 19.4. The van der Waals surface area contributed by atoms with Crippen molar-refractivity contribution in [2.24, 2.45) is 0 Å². The molecular formula is C13H12F3N3O3. The molecule has 1 amide bonds. The molecule has 9 heteroatoms. The summed E-state index contributed by atoms with van der Waals surface area (Å²) >= 11 is 0. The molecule has 1 aromatic rings. The number of benzene rings is 1. The molecule has 0 bridgehead atoms. The first kappa shape index (κ1) is 14.8. The van der Waals surface area contributed by atoms with Crippen molar-refractivity contribution in [3.63, 3.8) is 0 Å². The highest BCUT2D eigenvalue weighted by molar-refractivity contribution is 5.78. The largest absolute Gasteiger partial charge is 0.417 e. The topological polar surface area (TPSA) is 66.7 Å². The van der Waals surface area contributed by atoms with Crippen LogP contribution in [0.5, 0.6) is 0 Å². The number of nitrogens with zero attached hydrogens (tertiary/aromatic N) is 3. The van der Waals surface area contributed by atoms with E-state index >= 15 is 0 Å². The average Bonchev–Trinajstić information content (AvgIpc) is 2.97. The molecule has 0 aromatic heterocycles. The van der Waals surface area contributed by atoms with E-state index in [0.717, 1.165) is 0 Å². The van der Waals surface area contributed by atoms with Gasteiger partial charge in [-0.2, -0.15) is 13.2 Å². The van der Waals surface area contributed by atoms with Gasteiger partial charge in [0.05, 0.1) is 0 Å². The lowest BCUT2D eigenvalue weighted by molar-refractivity contribution is -0.536. The normalized spacial score (nSPS) is 29.0. The maximum Gasteiger partial charge on any atom is 0.417 e. The minimum absolute atomic E-state index is 0.0509. The lowest BCUT2D eigenvalue weighted by Crippen LogP contribution is -2.51. The summed E-state index contributed by atoms with van der Waals surface area (Å²) in [5, 5.41) is 13.0. The molecule has 0 N–H and O–H groups in total. The number of alkyl halides is 3. The Labute approximate surface area is 123 Å².